The van der Waals surface area contributed by atoms with Gasteiger partial charge in [-0.3, -0.25) is 10.1 Å². The molecule has 0 aliphatic carbocycles. The first-order valence-electron chi connectivity index (χ1n) is 15.5. The minimum atomic E-state index is -4.85. The Kier molecular flexibility index (Phi) is 29.7. The molecule has 2 aromatic rings. The molecule has 0 unspecified atom stereocenters. The van der Waals surface area contributed by atoms with Gasteiger partial charge >= 0.3 is 49.1 Å². The molecule has 2 rings (SSSR count). The molecule has 370 valence electrons. The summed E-state index contributed by atoms with van der Waals surface area (Å²) in [6.07, 6.45) is -28.8. The lowest BCUT2D eigenvalue weighted by atomic mass is 10.3. The van der Waals surface area contributed by atoms with Crippen LogP contribution < -0.4 is 38.7 Å². The van der Waals surface area contributed by atoms with E-state index in [9.17, 15) is 93.4 Å². The molecule has 0 aliphatic heterocycles. The number of halogens is 18. The Morgan fingerprint density at radius 1 is 0.742 bits per heavy atom. The highest BCUT2D eigenvalue weighted by Gasteiger charge is 2.40. The van der Waals surface area contributed by atoms with Crippen LogP contribution in [-0.2, 0) is 20.5 Å². The highest BCUT2D eigenvalue weighted by molar-refractivity contribution is 7.80. The summed E-state index contributed by atoms with van der Waals surface area (Å²) in [7, 11) is 0. The minimum absolute atomic E-state index is 0.0762. The molecule has 0 saturated carbocycles. The van der Waals surface area contributed by atoms with Crippen molar-refractivity contribution in [2.45, 2.75) is 50.4 Å². The van der Waals surface area contributed by atoms with Crippen molar-refractivity contribution in [1.82, 2.24) is 9.69 Å². The number of nitrogen functional groups attached to an aromatic ring is 1. The molecule has 1 heterocycles. The first-order valence-corrected chi connectivity index (χ1v) is 17.0. The quantitative estimate of drug-likeness (QED) is 0.0545. The fourth-order valence-corrected chi connectivity index (χ4v) is 3.04. The van der Waals surface area contributed by atoms with E-state index in [1.54, 1.807) is 18.2 Å². The maximum atomic E-state index is 12.1. The third-order valence-corrected chi connectivity index (χ3v) is 5.80. The van der Waals surface area contributed by atoms with Gasteiger partial charge in [-0.2, -0.15) is 93.9 Å². The van der Waals surface area contributed by atoms with E-state index < -0.39 is 89.1 Å². The molecule has 0 bridgehead atoms. The van der Waals surface area contributed by atoms with Crippen LogP contribution in [0.1, 0.15) is 19.0 Å². The van der Waals surface area contributed by atoms with Crippen molar-refractivity contribution in [2.24, 2.45) is 22.9 Å². The number of benzene rings is 1. The van der Waals surface area contributed by atoms with Gasteiger partial charge in [-0.05, 0) is 30.6 Å². The molecule has 11 N–H and O–H groups in total. The lowest BCUT2D eigenvalue weighted by Gasteiger charge is -2.08. The molecular weight excluding hydrogens is 1020 g/mol. The molecule has 1 aromatic carbocycles. The molecule has 0 fully saturated rings. The van der Waals surface area contributed by atoms with Gasteiger partial charge in [0.2, 0.25) is 5.78 Å². The number of rotatable bonds is 5. The van der Waals surface area contributed by atoms with Crippen LogP contribution in [0.5, 0.6) is 5.75 Å². The van der Waals surface area contributed by atoms with Crippen LogP contribution in [0.15, 0.2) is 71.7 Å². The second kappa shape index (κ2) is 29.8. The Labute approximate surface area is 372 Å². The minimum Gasteiger partial charge on any atom is -0.459 e. The summed E-state index contributed by atoms with van der Waals surface area (Å²) < 4.78 is 218. The number of hydrogen-bond donors (Lipinski definition) is 6. The number of esters is 1. The molecule has 35 heteroatoms. The van der Waals surface area contributed by atoms with Gasteiger partial charge in [-0.25, -0.2) is 9.59 Å². The molecule has 0 aliphatic rings. The zero-order valence-electron chi connectivity index (χ0n) is 31.9. The Bertz CT molecular complexity index is 2050. The summed E-state index contributed by atoms with van der Waals surface area (Å²) in [5, 5.41) is 17.3. The molecule has 1 aromatic heterocycles. The number of ketones is 1. The number of Topliss-reactive ketones (excluding diaryl/α,β-unsaturated/α-hetero) is 1. The second-order valence-corrected chi connectivity index (χ2v) is 11.8. The monoisotopic (exact) mass is 1040 g/mol. The van der Waals surface area contributed by atoms with Gasteiger partial charge in [-0.1, -0.05) is 42.6 Å². The molecule has 14 nitrogen and oxygen atoms in total. The van der Waals surface area contributed by atoms with Crippen LogP contribution in [-0.4, -0.2) is 69.7 Å². The third-order valence-electron chi connectivity index (χ3n) is 4.85. The maximum absolute atomic E-state index is 12.1. The van der Waals surface area contributed by atoms with Gasteiger partial charge in [0, 0.05) is 24.3 Å². The van der Waals surface area contributed by atoms with Gasteiger partial charge in [0.05, 0.1) is 23.7 Å². The third kappa shape index (κ3) is 35.8. The van der Waals surface area contributed by atoms with E-state index in [-0.39, 0.29) is 28.4 Å². The summed E-state index contributed by atoms with van der Waals surface area (Å²) in [4.78, 5) is 29.8. The van der Waals surface area contributed by atoms with Gasteiger partial charge in [-0.15, -0.1) is 0 Å². The van der Waals surface area contributed by atoms with Crippen LogP contribution in [0.25, 0.3) is 0 Å². The number of allylic oxidation sites excluding steroid dienone is 4. The van der Waals surface area contributed by atoms with Gasteiger partial charge < -0.3 is 38.1 Å². The summed E-state index contributed by atoms with van der Waals surface area (Å²) in [6.45, 7) is 1.06. The van der Waals surface area contributed by atoms with E-state index in [0.29, 0.717) is 23.7 Å². The predicted molar refractivity (Wildman–Crippen MR) is 201 cm³/mol. The van der Waals surface area contributed by atoms with E-state index in [1.165, 1.54) is 25.1 Å². The topological polar surface area (TPSA) is 272 Å². The van der Waals surface area contributed by atoms with Crippen molar-refractivity contribution < 1.29 is 103 Å². The first kappa shape index (κ1) is 66.0. The number of carbonyl (C=O) groups excluding carboxylic acids is 3. The first-order chi connectivity index (χ1) is 29.6. The van der Waals surface area contributed by atoms with Gasteiger partial charge in [0.25, 0.3) is 0 Å². The fraction of sp³-hybridized carbons (Fsp3) is 0.290. The van der Waals surface area contributed by atoms with Crippen molar-refractivity contribution in [1.29, 1.82) is 10.5 Å². The number of nitrogens with two attached hydrogens (primary N) is 5. The summed E-state index contributed by atoms with van der Waals surface area (Å²) in [5.74, 6) is -3.90. The highest BCUT2D eigenvalue weighted by atomic mass is 32.1. The number of nitriles is 2. The smallest absolute Gasteiger partial charge is 0.459 e. The van der Waals surface area contributed by atoms with E-state index in [4.69, 9.17) is 32.5 Å². The zero-order valence-corrected chi connectivity index (χ0v) is 34.4. The molecular formula is C31H27F18N9O5S3. The van der Waals surface area contributed by atoms with E-state index in [2.05, 4.69) is 45.0 Å². The lowest BCUT2D eigenvalue weighted by Crippen LogP contribution is -2.32. The highest BCUT2D eigenvalue weighted by Crippen LogP contribution is 2.30. The average molecular weight is 1040 g/mol. The number of nitrogens with one attached hydrogen (secondary N) is 1. The Balaban J connectivity index is -0.000000361. The Morgan fingerprint density at radius 3 is 1.44 bits per heavy atom. The predicted octanol–water partition coefficient (Wildman–Crippen LogP) is 7.99. The van der Waals surface area contributed by atoms with Crippen molar-refractivity contribution in [3.63, 3.8) is 0 Å². The Hall–Kier alpha value is -6.62. The lowest BCUT2D eigenvalue weighted by molar-refractivity contribution is -0.199. The largest absolute Gasteiger partial charge is 0.490 e. The number of alkyl halides is 18. The van der Waals surface area contributed by atoms with Crippen molar-refractivity contribution in [3.8, 4) is 17.9 Å². The SMILES string of the molecule is CCOC(=O)C(F)(F)F.N#C/C=C(\N)C(F)(F)F.N#CCC(=O)C(F)(F)F.NC(=CC(=S)NC(=O)Oc1ccccc1)C(F)(F)F.NC(=S)/C=C(\N)C(F)(F)F.Nc1cc(C(F)(F)F)ns1. The molecule has 66 heavy (non-hydrogen) atoms. The number of thiocarbonyl (C=S) groups is 2. The number of anilines is 1. The number of ether oxygens (including phenoxy) is 2. The Morgan fingerprint density at radius 2 is 1.20 bits per heavy atom. The van der Waals surface area contributed by atoms with Gasteiger partial charge in [0.1, 0.15) is 39.3 Å². The molecule has 0 radical (unpaired) electrons. The van der Waals surface area contributed by atoms with Gasteiger partial charge in [0.15, 0.2) is 5.69 Å². The molecule has 0 saturated heterocycles. The van der Waals surface area contributed by atoms with Crippen LogP contribution >= 0.6 is 36.0 Å². The summed E-state index contributed by atoms with van der Waals surface area (Å²) in [5.41, 5.74) is 18.5. The maximum Gasteiger partial charge on any atom is 0.490 e. The van der Waals surface area contributed by atoms with Crippen LogP contribution in [0.2, 0.25) is 0 Å². The van der Waals surface area contributed by atoms with E-state index in [1.807, 2.05) is 5.32 Å². The van der Waals surface area contributed by atoms with Crippen molar-refractivity contribution >= 4 is 68.8 Å². The number of carbonyl (C=O) groups is 3. The van der Waals surface area contributed by atoms with Crippen molar-refractivity contribution in [2.75, 3.05) is 12.3 Å². The number of nitrogens with zero attached hydrogens (tertiary/aromatic N) is 3. The van der Waals surface area contributed by atoms with E-state index in [0.717, 1.165) is 12.1 Å². The van der Waals surface area contributed by atoms with Crippen molar-refractivity contribution in [3.05, 3.63) is 77.4 Å². The van der Waals surface area contributed by atoms with E-state index >= 15 is 0 Å². The zero-order chi connectivity index (χ0) is 53.1. The van der Waals surface area contributed by atoms with Crippen LogP contribution in [0.3, 0.4) is 0 Å². The number of aromatic nitrogens is 1. The number of amides is 1. The number of hydrogen-bond acceptors (Lipinski definition) is 15. The molecule has 0 spiro atoms. The fourth-order valence-electron chi connectivity index (χ4n) is 2.18. The number of para-hydroxylation sites is 1. The van der Waals surface area contributed by atoms with Crippen LogP contribution in [0, 0.1) is 22.7 Å². The molecule has 1 amide bonds. The summed E-state index contributed by atoms with van der Waals surface area (Å²) >= 11 is 9.32. The standard InChI is InChI=1S/C11H9F3N2O2S.C4H3F3N2S.C4H5F3N2S.C4H3F3N2.C4H2F3NO.C4H5F3O2/c12-11(13,14)8(15)6-9(19)16-10(17)18-7-4-2-1-3-5-7;5-4(6,7)2-1-3(8)10-9-2;5-4(6,7)2(8)1-3(9)10;2*5-4(6,7)3(9)1-2-8;1-2-9-3(8)4(5,6)7/h1-6H,15H2,(H,16,17,19);1H,8H2;1H,8H2,(H2,9,10);1H,9H2;1H2;2H2,1H3/b;;2-1-;3-1-;;. The summed E-state index contributed by atoms with van der Waals surface area (Å²) in [6, 6.07) is 11.1. The molecule has 0 atom stereocenters. The normalized spacial score (nSPS) is 11.9. The average Bonchev–Trinajstić information content (AvgIpc) is 3.58. The van der Waals surface area contributed by atoms with Crippen LogP contribution in [0.4, 0.5) is 88.8 Å². The second-order valence-electron chi connectivity index (χ2n) is 10.1.